The molecule has 2 atom stereocenters. The van der Waals surface area contributed by atoms with Gasteiger partial charge in [0.25, 0.3) is 0 Å². The zero-order valence-corrected chi connectivity index (χ0v) is 11.5. The molecule has 20 heavy (non-hydrogen) atoms. The second-order valence-electron chi connectivity index (χ2n) is 4.45. The summed E-state index contributed by atoms with van der Waals surface area (Å²) in [6.45, 7) is 3.28. The first-order valence-corrected chi connectivity index (χ1v) is 6.26. The van der Waals surface area contributed by atoms with Crippen LogP contribution in [0, 0.1) is 5.92 Å². The number of nitrogens with one attached hydrogen (secondary N) is 2. The molecule has 118 valence electrons. The molecule has 0 fully saturated rings. The fourth-order valence-corrected chi connectivity index (χ4v) is 1.36. The smallest absolute Gasteiger partial charge is 0.400 e. The normalized spacial score (nSPS) is 15.8. The van der Waals surface area contributed by atoms with Crippen LogP contribution in [0.15, 0.2) is 5.16 Å². The van der Waals surface area contributed by atoms with Gasteiger partial charge in [0.05, 0.1) is 0 Å². The summed E-state index contributed by atoms with van der Waals surface area (Å²) in [7, 11) is 0. The number of halogens is 3. The van der Waals surface area contributed by atoms with Crippen molar-refractivity contribution in [2.45, 2.75) is 38.9 Å². The van der Waals surface area contributed by atoms with Gasteiger partial charge in [-0.2, -0.15) is 13.2 Å². The predicted molar refractivity (Wildman–Crippen MR) is 68.3 cm³/mol. The third-order valence-corrected chi connectivity index (χ3v) is 2.76. The molecule has 0 saturated carbocycles. The van der Waals surface area contributed by atoms with Crippen molar-refractivity contribution < 1.29 is 23.2 Å². The first-order chi connectivity index (χ1) is 9.22. The topological polar surface area (TPSA) is 99.7 Å². The highest BCUT2D eigenvalue weighted by molar-refractivity contribution is 5.83. The van der Waals surface area contributed by atoms with Gasteiger partial charge in [-0.1, -0.05) is 12.1 Å². The Morgan fingerprint density at radius 1 is 1.45 bits per heavy atom. The number of amides is 1. The van der Waals surface area contributed by atoms with E-state index in [9.17, 15) is 18.0 Å². The monoisotopic (exact) mass is 298 g/mol. The van der Waals surface area contributed by atoms with E-state index in [4.69, 9.17) is 10.9 Å². The van der Waals surface area contributed by atoms with Crippen LogP contribution in [0.1, 0.15) is 26.7 Å². The summed E-state index contributed by atoms with van der Waals surface area (Å²) in [5.74, 6) is -3.22. The van der Waals surface area contributed by atoms with E-state index in [1.54, 1.807) is 0 Å². The van der Waals surface area contributed by atoms with Gasteiger partial charge in [0.1, 0.15) is 5.92 Å². The van der Waals surface area contributed by atoms with E-state index in [-0.39, 0.29) is 24.9 Å². The lowest BCUT2D eigenvalue weighted by Crippen LogP contribution is -2.43. The predicted octanol–water partition coefficient (Wildman–Crippen LogP) is 0.806. The molecule has 0 saturated heterocycles. The number of hydrogen-bond donors (Lipinski definition) is 4. The maximum atomic E-state index is 12.6. The van der Waals surface area contributed by atoms with E-state index in [0.717, 1.165) is 6.42 Å². The second-order valence-corrected chi connectivity index (χ2v) is 4.45. The summed E-state index contributed by atoms with van der Waals surface area (Å²) in [5.41, 5.74) is 4.99. The molecule has 0 spiro atoms. The van der Waals surface area contributed by atoms with Crippen LogP contribution in [-0.2, 0) is 4.79 Å². The van der Waals surface area contributed by atoms with Gasteiger partial charge in [0.2, 0.25) is 5.91 Å². The highest BCUT2D eigenvalue weighted by Gasteiger charge is 2.42. The van der Waals surface area contributed by atoms with Crippen LogP contribution in [0.3, 0.4) is 0 Å². The van der Waals surface area contributed by atoms with Crippen molar-refractivity contribution in [2.75, 3.05) is 13.1 Å². The molecule has 0 aromatic rings. The zero-order valence-electron chi connectivity index (χ0n) is 11.5. The molecular weight excluding hydrogens is 277 g/mol. The molecular formula is C11H21F3N4O2. The molecule has 0 bridgehead atoms. The molecule has 1 amide bonds. The van der Waals surface area contributed by atoms with E-state index in [2.05, 4.69) is 15.8 Å². The lowest BCUT2D eigenvalue weighted by Gasteiger charge is -2.19. The van der Waals surface area contributed by atoms with Crippen molar-refractivity contribution in [3.8, 4) is 0 Å². The number of nitrogens with zero attached hydrogens (tertiary/aromatic N) is 1. The molecule has 0 aliphatic rings. The highest BCUT2D eigenvalue weighted by Crippen LogP contribution is 2.25. The minimum atomic E-state index is -4.61. The third-order valence-electron chi connectivity index (χ3n) is 2.76. The SMILES string of the molecule is CCC(C)NC(=O)CCNCC(C(N)=NO)C(F)(F)F. The van der Waals surface area contributed by atoms with Gasteiger partial charge in [-0.05, 0) is 13.3 Å². The Hall–Kier alpha value is -1.51. The van der Waals surface area contributed by atoms with Crippen LogP contribution >= 0.6 is 0 Å². The number of amidine groups is 1. The van der Waals surface area contributed by atoms with Crippen LogP contribution in [0.2, 0.25) is 0 Å². The quantitative estimate of drug-likeness (QED) is 0.175. The van der Waals surface area contributed by atoms with Crippen LogP contribution in [-0.4, -0.2) is 42.3 Å². The van der Waals surface area contributed by atoms with E-state index in [1.165, 1.54) is 0 Å². The molecule has 0 aliphatic carbocycles. The number of carbonyl (C=O) groups is 1. The molecule has 9 heteroatoms. The second kappa shape index (κ2) is 8.62. The van der Waals surface area contributed by atoms with Crippen LogP contribution in [0.4, 0.5) is 13.2 Å². The van der Waals surface area contributed by atoms with Crippen molar-refractivity contribution in [3.05, 3.63) is 0 Å². The standard InChI is InChI=1S/C11H21F3N4O2/c1-3-7(2)17-9(19)4-5-16-6-8(10(15)18-20)11(12,13)14/h7-8,16,20H,3-6H2,1-2H3,(H2,15,18)(H,17,19). The van der Waals surface area contributed by atoms with Crippen LogP contribution in [0.25, 0.3) is 0 Å². The first kappa shape index (κ1) is 18.5. The Kier molecular flexibility index (Phi) is 7.97. The first-order valence-electron chi connectivity index (χ1n) is 6.26. The van der Waals surface area contributed by atoms with Crippen molar-refractivity contribution in [3.63, 3.8) is 0 Å². The Labute approximate surface area is 115 Å². The maximum absolute atomic E-state index is 12.6. The number of oxime groups is 1. The Bertz CT molecular complexity index is 334. The molecule has 5 N–H and O–H groups in total. The van der Waals surface area contributed by atoms with Gasteiger partial charge in [0.15, 0.2) is 5.84 Å². The van der Waals surface area contributed by atoms with E-state index in [1.807, 2.05) is 13.8 Å². The fraction of sp³-hybridized carbons (Fsp3) is 0.818. The van der Waals surface area contributed by atoms with Crippen molar-refractivity contribution >= 4 is 11.7 Å². The van der Waals surface area contributed by atoms with Crippen molar-refractivity contribution in [1.82, 2.24) is 10.6 Å². The summed E-state index contributed by atoms with van der Waals surface area (Å²) in [4.78, 5) is 11.4. The average Bonchev–Trinajstić information content (AvgIpc) is 2.36. The summed E-state index contributed by atoms with van der Waals surface area (Å²) >= 11 is 0. The number of alkyl halides is 3. The van der Waals surface area contributed by atoms with Crippen LogP contribution < -0.4 is 16.4 Å². The Morgan fingerprint density at radius 2 is 2.05 bits per heavy atom. The van der Waals surface area contributed by atoms with E-state index >= 15 is 0 Å². The highest BCUT2D eigenvalue weighted by atomic mass is 19.4. The Balaban J connectivity index is 4.11. The molecule has 6 nitrogen and oxygen atoms in total. The number of hydrogen-bond acceptors (Lipinski definition) is 4. The van der Waals surface area contributed by atoms with Gasteiger partial charge in [-0.3, -0.25) is 4.79 Å². The van der Waals surface area contributed by atoms with Gasteiger partial charge in [0, 0.05) is 25.6 Å². The summed E-state index contributed by atoms with van der Waals surface area (Å²) in [6.07, 6.45) is -3.77. The Morgan fingerprint density at radius 3 is 2.50 bits per heavy atom. The fourth-order valence-electron chi connectivity index (χ4n) is 1.36. The third kappa shape index (κ3) is 7.17. The van der Waals surface area contributed by atoms with Gasteiger partial charge < -0.3 is 21.6 Å². The minimum absolute atomic E-state index is 0.0302. The molecule has 0 radical (unpaired) electrons. The van der Waals surface area contributed by atoms with E-state index < -0.39 is 24.5 Å². The lowest BCUT2D eigenvalue weighted by molar-refractivity contribution is -0.154. The van der Waals surface area contributed by atoms with Gasteiger partial charge in [-0.25, -0.2) is 0 Å². The number of carbonyl (C=O) groups excluding carboxylic acids is 1. The molecule has 0 aromatic heterocycles. The maximum Gasteiger partial charge on any atom is 0.400 e. The van der Waals surface area contributed by atoms with Gasteiger partial charge in [-0.15, -0.1) is 0 Å². The zero-order chi connectivity index (χ0) is 15.8. The number of nitrogens with two attached hydrogens (primary N) is 1. The molecule has 0 rings (SSSR count). The summed E-state index contributed by atoms with van der Waals surface area (Å²) in [5, 5.41) is 15.9. The van der Waals surface area contributed by atoms with Crippen LogP contribution in [0.5, 0.6) is 0 Å². The van der Waals surface area contributed by atoms with E-state index in [0.29, 0.717) is 0 Å². The average molecular weight is 298 g/mol. The lowest BCUT2D eigenvalue weighted by atomic mass is 10.1. The number of rotatable bonds is 8. The molecule has 0 aliphatic heterocycles. The minimum Gasteiger partial charge on any atom is -0.409 e. The molecule has 2 unspecified atom stereocenters. The molecule has 0 heterocycles. The van der Waals surface area contributed by atoms with Crippen molar-refractivity contribution in [2.24, 2.45) is 16.8 Å². The van der Waals surface area contributed by atoms with Gasteiger partial charge >= 0.3 is 6.18 Å². The van der Waals surface area contributed by atoms with Crippen molar-refractivity contribution in [1.29, 1.82) is 0 Å². The largest absolute Gasteiger partial charge is 0.409 e. The summed E-state index contributed by atoms with van der Waals surface area (Å²) < 4.78 is 37.7. The summed E-state index contributed by atoms with van der Waals surface area (Å²) in [6, 6.07) is 0.0302. The molecule has 0 aromatic carbocycles.